The Morgan fingerprint density at radius 3 is 1.37 bits per heavy atom. The summed E-state index contributed by atoms with van der Waals surface area (Å²) in [7, 11) is -1.70. The van der Waals surface area contributed by atoms with Crippen molar-refractivity contribution >= 4 is 41.1 Å². The van der Waals surface area contributed by atoms with Gasteiger partial charge in [-0.15, -0.1) is 22.7 Å². The Labute approximate surface area is 265 Å². The van der Waals surface area contributed by atoms with Crippen molar-refractivity contribution in [2.75, 3.05) is 0 Å². The Balaban J connectivity index is 1.55. The number of thiophene rings is 2. The summed E-state index contributed by atoms with van der Waals surface area (Å²) < 4.78 is 0. The van der Waals surface area contributed by atoms with Crippen LogP contribution in [0.25, 0.3) is 9.75 Å². The molecular formula is C38H66S2Si. The van der Waals surface area contributed by atoms with Crippen LogP contribution in [0.2, 0.25) is 12.1 Å². The molecule has 1 unspecified atom stereocenters. The number of aryl methyl sites for hydroxylation is 2. The molecular weight excluding hydrogens is 549 g/mol. The molecule has 0 amide bonds. The van der Waals surface area contributed by atoms with Crippen LogP contribution in [0.5, 0.6) is 0 Å². The minimum Gasteiger partial charge on any atom is -0.140 e. The normalized spacial score (nSPS) is 14.5. The second kappa shape index (κ2) is 19.8. The predicted octanol–water partition coefficient (Wildman–Crippen LogP) is 13.2. The average Bonchev–Trinajstić information content (AvgIpc) is 3.60. The summed E-state index contributed by atoms with van der Waals surface area (Å²) in [5, 5.41) is 3.73. The van der Waals surface area contributed by atoms with Gasteiger partial charge in [0.25, 0.3) is 0 Å². The van der Waals surface area contributed by atoms with E-state index in [1.807, 2.05) is 10.4 Å². The third-order valence-corrected chi connectivity index (χ3v) is 17.9. The molecule has 0 spiro atoms. The molecule has 0 N–H and O–H groups in total. The fourth-order valence-corrected chi connectivity index (χ4v) is 17.3. The molecule has 1 aliphatic rings. The van der Waals surface area contributed by atoms with Crippen molar-refractivity contribution in [1.82, 2.24) is 0 Å². The van der Waals surface area contributed by atoms with Gasteiger partial charge in [0.15, 0.2) is 0 Å². The van der Waals surface area contributed by atoms with Gasteiger partial charge in [0.2, 0.25) is 0 Å². The van der Waals surface area contributed by atoms with Crippen molar-refractivity contribution in [2.45, 2.75) is 188 Å². The molecule has 234 valence electrons. The van der Waals surface area contributed by atoms with Gasteiger partial charge in [0, 0.05) is 19.5 Å². The van der Waals surface area contributed by atoms with Gasteiger partial charge in [-0.25, -0.2) is 0 Å². The van der Waals surface area contributed by atoms with Gasteiger partial charge in [-0.2, -0.15) is 0 Å². The maximum atomic E-state index is 2.67. The van der Waals surface area contributed by atoms with E-state index in [0.717, 1.165) is 5.92 Å². The van der Waals surface area contributed by atoms with Gasteiger partial charge < -0.3 is 0 Å². The number of hydrogen-bond donors (Lipinski definition) is 0. The van der Waals surface area contributed by atoms with Crippen LogP contribution in [0.1, 0.15) is 172 Å². The number of rotatable bonds is 25. The molecule has 2 aromatic rings. The molecule has 0 nitrogen and oxygen atoms in total. The topological polar surface area (TPSA) is 0 Å². The Hall–Kier alpha value is -0.383. The molecule has 3 heterocycles. The summed E-state index contributed by atoms with van der Waals surface area (Å²) in [4.78, 5) is 6.51. The number of fused-ring (bicyclic) bond motifs is 3. The van der Waals surface area contributed by atoms with E-state index in [9.17, 15) is 0 Å². The Morgan fingerprint density at radius 2 is 0.902 bits per heavy atom. The van der Waals surface area contributed by atoms with Crippen molar-refractivity contribution in [1.29, 1.82) is 0 Å². The van der Waals surface area contributed by atoms with E-state index in [1.54, 1.807) is 19.5 Å². The van der Waals surface area contributed by atoms with Crippen LogP contribution in [-0.2, 0) is 0 Å². The second-order valence-electron chi connectivity index (χ2n) is 13.7. The summed E-state index contributed by atoms with van der Waals surface area (Å²) in [6.45, 7) is 11.8. The first kappa shape index (κ1) is 35.1. The lowest BCUT2D eigenvalue weighted by atomic mass is 9.97. The fraction of sp³-hybridized carbons (Fsp3) is 0.789. The van der Waals surface area contributed by atoms with E-state index >= 15 is 0 Å². The molecule has 1 atom stereocenters. The van der Waals surface area contributed by atoms with Gasteiger partial charge in [0.1, 0.15) is 8.07 Å². The minimum absolute atomic E-state index is 0.935. The third kappa shape index (κ3) is 10.9. The zero-order valence-electron chi connectivity index (χ0n) is 28.0. The van der Waals surface area contributed by atoms with E-state index in [2.05, 4.69) is 69.4 Å². The quantitative estimate of drug-likeness (QED) is 0.0771. The first-order valence-electron chi connectivity index (χ1n) is 18.3. The first-order valence-corrected chi connectivity index (χ1v) is 22.3. The van der Waals surface area contributed by atoms with Crippen molar-refractivity contribution in [3.05, 3.63) is 21.9 Å². The lowest BCUT2D eigenvalue weighted by Crippen LogP contribution is -2.55. The van der Waals surface area contributed by atoms with Gasteiger partial charge in [-0.05, 0) is 54.4 Å². The smallest absolute Gasteiger partial charge is 0.122 e. The van der Waals surface area contributed by atoms with E-state index in [0.29, 0.717) is 0 Å². The summed E-state index contributed by atoms with van der Waals surface area (Å²) in [6.07, 6.45) is 31.8. The fourth-order valence-electron chi connectivity index (χ4n) is 7.63. The monoisotopic (exact) mass is 614 g/mol. The van der Waals surface area contributed by atoms with Crippen LogP contribution in [-0.4, -0.2) is 8.07 Å². The molecule has 3 heteroatoms. The van der Waals surface area contributed by atoms with Crippen molar-refractivity contribution in [2.24, 2.45) is 5.92 Å². The van der Waals surface area contributed by atoms with Gasteiger partial charge >= 0.3 is 0 Å². The van der Waals surface area contributed by atoms with E-state index in [-0.39, 0.29) is 0 Å². The Morgan fingerprint density at radius 1 is 0.512 bits per heavy atom. The molecule has 2 aromatic heterocycles. The SMILES string of the molecule is CCCCCCCCCCCCCCCC[Si]1(CC(CCCC)CCCCCC)c2cc(C)sc2-c2sc(C)cc21. The Bertz CT molecular complexity index is 907. The molecule has 3 rings (SSSR count). The molecule has 0 saturated heterocycles. The molecule has 0 bridgehead atoms. The van der Waals surface area contributed by atoms with Crippen LogP contribution in [0, 0.1) is 19.8 Å². The lowest BCUT2D eigenvalue weighted by molar-refractivity contribution is 0.440. The van der Waals surface area contributed by atoms with Gasteiger partial charge in [-0.1, -0.05) is 162 Å². The summed E-state index contributed by atoms with van der Waals surface area (Å²) in [6, 6.07) is 8.39. The van der Waals surface area contributed by atoms with Crippen LogP contribution >= 0.6 is 22.7 Å². The van der Waals surface area contributed by atoms with E-state index < -0.39 is 8.07 Å². The van der Waals surface area contributed by atoms with Gasteiger partial charge in [-0.3, -0.25) is 0 Å². The molecule has 0 aromatic carbocycles. The van der Waals surface area contributed by atoms with E-state index in [4.69, 9.17) is 0 Å². The van der Waals surface area contributed by atoms with Crippen LogP contribution in [0.4, 0.5) is 0 Å². The zero-order chi connectivity index (χ0) is 29.3. The molecule has 0 aliphatic carbocycles. The minimum atomic E-state index is -1.70. The molecule has 0 saturated carbocycles. The van der Waals surface area contributed by atoms with E-state index in [1.165, 1.54) is 153 Å². The maximum absolute atomic E-state index is 2.67. The van der Waals surface area contributed by atoms with Crippen molar-refractivity contribution in [3.63, 3.8) is 0 Å². The van der Waals surface area contributed by atoms with Crippen molar-refractivity contribution < 1.29 is 0 Å². The summed E-state index contributed by atoms with van der Waals surface area (Å²) in [5.41, 5.74) is 0. The number of hydrogen-bond acceptors (Lipinski definition) is 2. The third-order valence-electron chi connectivity index (χ3n) is 9.97. The predicted molar refractivity (Wildman–Crippen MR) is 194 cm³/mol. The second-order valence-corrected chi connectivity index (χ2v) is 20.4. The zero-order valence-corrected chi connectivity index (χ0v) is 30.7. The summed E-state index contributed by atoms with van der Waals surface area (Å²) in [5.74, 6) is 0.935. The molecule has 0 radical (unpaired) electrons. The molecule has 0 fully saturated rings. The number of unbranched alkanes of at least 4 members (excludes halogenated alkanes) is 17. The van der Waals surface area contributed by atoms with Crippen LogP contribution in [0.3, 0.4) is 0 Å². The summed E-state index contributed by atoms with van der Waals surface area (Å²) >= 11 is 4.23. The van der Waals surface area contributed by atoms with Crippen molar-refractivity contribution in [3.8, 4) is 9.75 Å². The highest BCUT2D eigenvalue weighted by Gasteiger charge is 2.48. The Kier molecular flexibility index (Phi) is 17.0. The van der Waals surface area contributed by atoms with Gasteiger partial charge in [0.05, 0.1) is 0 Å². The van der Waals surface area contributed by atoms with Crippen LogP contribution in [0.15, 0.2) is 12.1 Å². The van der Waals surface area contributed by atoms with Crippen LogP contribution < -0.4 is 10.4 Å². The highest BCUT2D eigenvalue weighted by molar-refractivity contribution is 7.29. The highest BCUT2D eigenvalue weighted by Crippen LogP contribution is 2.44. The molecule has 41 heavy (non-hydrogen) atoms. The lowest BCUT2D eigenvalue weighted by Gasteiger charge is -2.33. The molecule has 1 aliphatic heterocycles. The highest BCUT2D eigenvalue weighted by atomic mass is 32.1. The largest absolute Gasteiger partial charge is 0.140 e. The first-order chi connectivity index (χ1) is 20.1. The standard InChI is InChI=1S/C38H66S2Si/c1-6-9-12-14-15-16-17-18-19-20-21-22-23-25-28-41(31-34(26-11-8-3)27-24-13-10-7-2)35-29-32(4)39-37(35)38-36(41)30-33(5)40-38/h29-30,34H,6-28,31H2,1-5H3. The maximum Gasteiger partial charge on any atom is 0.122 e. The average molecular weight is 615 g/mol.